The first-order valence-electron chi connectivity index (χ1n) is 9.02. The van der Waals surface area contributed by atoms with Crippen LogP contribution in [0, 0.1) is 5.92 Å². The topological polar surface area (TPSA) is 54.7 Å². The van der Waals surface area contributed by atoms with Crippen LogP contribution >= 0.6 is 11.6 Å². The molecule has 0 radical (unpaired) electrons. The first-order valence-corrected chi connectivity index (χ1v) is 9.40. The molecule has 1 saturated heterocycles. The van der Waals surface area contributed by atoms with Gasteiger partial charge in [0.1, 0.15) is 0 Å². The van der Waals surface area contributed by atoms with Crippen molar-refractivity contribution < 1.29 is 4.74 Å². The SMILES string of the molecule is CCNC(=NCc1cnn(-c2ccc(Cl)cc2)c1)N(C)CC1CCOC1. The van der Waals surface area contributed by atoms with Gasteiger partial charge in [0, 0.05) is 49.4 Å². The number of nitrogens with one attached hydrogen (secondary N) is 1. The van der Waals surface area contributed by atoms with Crippen LogP contribution in [0.25, 0.3) is 5.69 Å². The molecule has 1 N–H and O–H groups in total. The minimum atomic E-state index is 0.580. The van der Waals surface area contributed by atoms with Gasteiger partial charge in [-0.05, 0) is 37.6 Å². The van der Waals surface area contributed by atoms with E-state index in [2.05, 4.69) is 29.3 Å². The number of rotatable bonds is 6. The molecule has 0 saturated carbocycles. The van der Waals surface area contributed by atoms with Gasteiger partial charge in [-0.2, -0.15) is 5.10 Å². The van der Waals surface area contributed by atoms with E-state index in [1.165, 1.54) is 0 Å². The van der Waals surface area contributed by atoms with Crippen LogP contribution in [0.1, 0.15) is 18.9 Å². The summed E-state index contributed by atoms with van der Waals surface area (Å²) in [7, 11) is 2.08. The van der Waals surface area contributed by atoms with Crippen LogP contribution in [-0.2, 0) is 11.3 Å². The number of halogens is 1. The lowest BCUT2D eigenvalue weighted by atomic mass is 10.1. The maximum atomic E-state index is 5.94. The number of hydrogen-bond acceptors (Lipinski definition) is 3. The Balaban J connectivity index is 1.64. The van der Waals surface area contributed by atoms with E-state index in [4.69, 9.17) is 21.3 Å². The highest BCUT2D eigenvalue weighted by atomic mass is 35.5. The van der Waals surface area contributed by atoms with Gasteiger partial charge >= 0.3 is 0 Å². The van der Waals surface area contributed by atoms with Crippen LogP contribution in [0.2, 0.25) is 5.02 Å². The molecule has 26 heavy (non-hydrogen) atoms. The van der Waals surface area contributed by atoms with Crippen LogP contribution in [0.15, 0.2) is 41.7 Å². The molecular formula is C19H26ClN5O. The molecule has 3 rings (SSSR count). The van der Waals surface area contributed by atoms with Gasteiger partial charge in [0.2, 0.25) is 0 Å². The Hall–Kier alpha value is -2.05. The molecule has 140 valence electrons. The van der Waals surface area contributed by atoms with Crippen molar-refractivity contribution in [3.05, 3.63) is 47.2 Å². The molecule has 6 nitrogen and oxygen atoms in total. The zero-order chi connectivity index (χ0) is 18.4. The Kier molecular flexibility index (Phi) is 6.52. The molecule has 0 aliphatic carbocycles. The molecule has 0 amide bonds. The number of guanidine groups is 1. The van der Waals surface area contributed by atoms with E-state index in [1.807, 2.05) is 41.3 Å². The van der Waals surface area contributed by atoms with E-state index in [0.717, 1.165) is 55.0 Å². The molecule has 2 aromatic rings. The van der Waals surface area contributed by atoms with Gasteiger partial charge in [0.25, 0.3) is 0 Å². The van der Waals surface area contributed by atoms with Crippen molar-refractivity contribution in [1.82, 2.24) is 20.0 Å². The van der Waals surface area contributed by atoms with Crippen molar-refractivity contribution in [1.29, 1.82) is 0 Å². The van der Waals surface area contributed by atoms with E-state index in [-0.39, 0.29) is 0 Å². The van der Waals surface area contributed by atoms with Crippen molar-refractivity contribution in [2.75, 3.05) is 33.4 Å². The Morgan fingerprint density at radius 1 is 1.42 bits per heavy atom. The summed E-state index contributed by atoms with van der Waals surface area (Å²) in [6, 6.07) is 7.62. The molecule has 2 heterocycles. The molecule has 0 spiro atoms. The lowest BCUT2D eigenvalue weighted by Gasteiger charge is -2.24. The van der Waals surface area contributed by atoms with Gasteiger partial charge in [-0.3, -0.25) is 0 Å². The Labute approximate surface area is 159 Å². The van der Waals surface area contributed by atoms with Gasteiger partial charge in [-0.15, -0.1) is 0 Å². The van der Waals surface area contributed by atoms with Gasteiger partial charge in [-0.1, -0.05) is 11.6 Å². The normalized spacial score (nSPS) is 17.5. The van der Waals surface area contributed by atoms with Crippen LogP contribution in [-0.4, -0.2) is 54.0 Å². The third-order valence-electron chi connectivity index (χ3n) is 4.39. The van der Waals surface area contributed by atoms with Crippen LogP contribution in [0.4, 0.5) is 0 Å². The van der Waals surface area contributed by atoms with Crippen molar-refractivity contribution in [2.24, 2.45) is 10.9 Å². The van der Waals surface area contributed by atoms with Crippen molar-refractivity contribution in [3.63, 3.8) is 0 Å². The number of benzene rings is 1. The predicted molar refractivity (Wildman–Crippen MR) is 105 cm³/mol. The third-order valence-corrected chi connectivity index (χ3v) is 4.64. The molecule has 1 atom stereocenters. The highest BCUT2D eigenvalue weighted by molar-refractivity contribution is 6.30. The Morgan fingerprint density at radius 3 is 2.92 bits per heavy atom. The third kappa shape index (κ3) is 4.99. The van der Waals surface area contributed by atoms with Crippen LogP contribution in [0.5, 0.6) is 0 Å². The smallest absolute Gasteiger partial charge is 0.193 e. The maximum absolute atomic E-state index is 5.94. The lowest BCUT2D eigenvalue weighted by molar-refractivity contribution is 0.181. The summed E-state index contributed by atoms with van der Waals surface area (Å²) in [6.07, 6.45) is 4.98. The number of ether oxygens (including phenoxy) is 1. The van der Waals surface area contributed by atoms with E-state index >= 15 is 0 Å². The lowest BCUT2D eigenvalue weighted by Crippen LogP contribution is -2.41. The molecule has 1 unspecified atom stereocenters. The standard InChI is InChI=1S/C19H26ClN5O/c1-3-21-19(24(2)12-15-8-9-26-14-15)22-10-16-11-23-25(13-16)18-6-4-17(20)5-7-18/h4-7,11,13,15H,3,8-10,12,14H2,1-2H3,(H,21,22). The zero-order valence-electron chi connectivity index (χ0n) is 15.4. The van der Waals surface area contributed by atoms with E-state index < -0.39 is 0 Å². The van der Waals surface area contributed by atoms with E-state index in [9.17, 15) is 0 Å². The fraction of sp³-hybridized carbons (Fsp3) is 0.474. The van der Waals surface area contributed by atoms with Crippen molar-refractivity contribution in [2.45, 2.75) is 19.9 Å². The zero-order valence-corrected chi connectivity index (χ0v) is 16.1. The average Bonchev–Trinajstić information content (AvgIpc) is 3.31. The highest BCUT2D eigenvalue weighted by Crippen LogP contribution is 2.15. The molecule has 1 aromatic heterocycles. The first-order chi connectivity index (χ1) is 12.7. The Bertz CT molecular complexity index is 722. The van der Waals surface area contributed by atoms with Crippen LogP contribution in [0.3, 0.4) is 0 Å². The number of nitrogens with zero attached hydrogens (tertiary/aromatic N) is 4. The van der Waals surface area contributed by atoms with Gasteiger partial charge in [0.15, 0.2) is 5.96 Å². The fourth-order valence-corrected chi connectivity index (χ4v) is 3.14. The fourth-order valence-electron chi connectivity index (χ4n) is 3.01. The van der Waals surface area contributed by atoms with Crippen molar-refractivity contribution in [3.8, 4) is 5.69 Å². The quantitative estimate of drug-likeness (QED) is 0.623. The second-order valence-electron chi connectivity index (χ2n) is 6.55. The largest absolute Gasteiger partial charge is 0.381 e. The number of hydrogen-bond donors (Lipinski definition) is 1. The van der Waals surface area contributed by atoms with Gasteiger partial charge in [0.05, 0.1) is 25.0 Å². The summed E-state index contributed by atoms with van der Waals surface area (Å²) in [6.45, 7) is 6.18. The first kappa shape index (κ1) is 18.7. The Morgan fingerprint density at radius 2 is 2.23 bits per heavy atom. The predicted octanol–water partition coefficient (Wildman–Crippen LogP) is 2.96. The second kappa shape index (κ2) is 9.05. The molecule has 1 aromatic carbocycles. The monoisotopic (exact) mass is 375 g/mol. The van der Waals surface area contributed by atoms with E-state index in [1.54, 1.807) is 0 Å². The minimum absolute atomic E-state index is 0.580. The summed E-state index contributed by atoms with van der Waals surface area (Å²) < 4.78 is 7.31. The van der Waals surface area contributed by atoms with Crippen LogP contribution < -0.4 is 5.32 Å². The maximum Gasteiger partial charge on any atom is 0.193 e. The molecule has 0 bridgehead atoms. The van der Waals surface area contributed by atoms with Gasteiger partial charge in [-0.25, -0.2) is 9.67 Å². The summed E-state index contributed by atoms with van der Waals surface area (Å²) in [5.74, 6) is 1.50. The number of aliphatic imine (C=N–C) groups is 1. The highest BCUT2D eigenvalue weighted by Gasteiger charge is 2.19. The molecular weight excluding hydrogens is 350 g/mol. The van der Waals surface area contributed by atoms with E-state index in [0.29, 0.717) is 12.5 Å². The van der Waals surface area contributed by atoms with Gasteiger partial charge < -0.3 is 15.0 Å². The molecule has 1 fully saturated rings. The molecule has 1 aliphatic rings. The number of aromatic nitrogens is 2. The second-order valence-corrected chi connectivity index (χ2v) is 6.99. The minimum Gasteiger partial charge on any atom is -0.381 e. The summed E-state index contributed by atoms with van der Waals surface area (Å²) >= 11 is 5.94. The summed E-state index contributed by atoms with van der Waals surface area (Å²) in [5.41, 5.74) is 2.04. The summed E-state index contributed by atoms with van der Waals surface area (Å²) in [5, 5.41) is 8.51. The average molecular weight is 376 g/mol. The molecule has 1 aliphatic heterocycles. The van der Waals surface area contributed by atoms with Crippen molar-refractivity contribution >= 4 is 17.6 Å². The molecule has 7 heteroatoms. The summed E-state index contributed by atoms with van der Waals surface area (Å²) in [4.78, 5) is 6.95.